The molecule has 1 aromatic carbocycles. The van der Waals surface area contributed by atoms with Gasteiger partial charge in [0, 0.05) is 12.2 Å². The first-order chi connectivity index (χ1) is 8.02. The van der Waals surface area contributed by atoms with Gasteiger partial charge in [0.25, 0.3) is 0 Å². The van der Waals surface area contributed by atoms with Gasteiger partial charge in [0.1, 0.15) is 0 Å². The molecule has 0 aliphatic rings. The molecule has 1 aromatic rings. The molecule has 0 bridgehead atoms. The highest BCUT2D eigenvalue weighted by molar-refractivity contribution is 5.71. The molecule has 2 N–H and O–H groups in total. The summed E-state index contributed by atoms with van der Waals surface area (Å²) in [6, 6.07) is 5.86. The maximum absolute atomic E-state index is 10.7. The molecule has 94 valence electrons. The summed E-state index contributed by atoms with van der Waals surface area (Å²) in [4.78, 5) is 10.7. The van der Waals surface area contributed by atoms with Crippen molar-refractivity contribution >= 4 is 11.7 Å². The van der Waals surface area contributed by atoms with E-state index in [2.05, 4.69) is 26.1 Å². The van der Waals surface area contributed by atoms with Crippen LogP contribution in [-0.4, -0.2) is 17.6 Å². The summed E-state index contributed by atoms with van der Waals surface area (Å²) in [5, 5.41) is 12.2. The molecular formula is C14H21NO2. The summed E-state index contributed by atoms with van der Waals surface area (Å²) in [5.74, 6) is -0.216. The van der Waals surface area contributed by atoms with E-state index >= 15 is 0 Å². The number of hydrogen-bond acceptors (Lipinski definition) is 2. The minimum Gasteiger partial charge on any atom is -0.481 e. The molecular weight excluding hydrogens is 214 g/mol. The first-order valence-corrected chi connectivity index (χ1v) is 6.10. The summed E-state index contributed by atoms with van der Waals surface area (Å²) in [5.41, 5.74) is 3.15. The lowest BCUT2D eigenvalue weighted by Crippen LogP contribution is -2.10. The standard InChI is InChI=1S/C14H21NO2/c1-4-12-6-5-11(8-14(16)17)7-13(12)15-9-10(2)3/h5-7,10,15H,4,8-9H2,1-3H3,(H,16,17). The van der Waals surface area contributed by atoms with Crippen LogP contribution in [0.15, 0.2) is 18.2 Å². The van der Waals surface area contributed by atoms with Crippen LogP contribution in [0.3, 0.4) is 0 Å². The van der Waals surface area contributed by atoms with Crippen LogP contribution < -0.4 is 5.32 Å². The molecule has 0 unspecified atom stereocenters. The van der Waals surface area contributed by atoms with E-state index in [0.29, 0.717) is 5.92 Å². The van der Waals surface area contributed by atoms with Gasteiger partial charge in [-0.25, -0.2) is 0 Å². The number of rotatable bonds is 6. The molecule has 0 fully saturated rings. The highest BCUT2D eigenvalue weighted by atomic mass is 16.4. The Morgan fingerprint density at radius 1 is 1.41 bits per heavy atom. The van der Waals surface area contributed by atoms with Crippen molar-refractivity contribution in [2.45, 2.75) is 33.6 Å². The Labute approximate surface area is 103 Å². The zero-order valence-electron chi connectivity index (χ0n) is 10.8. The number of nitrogens with one attached hydrogen (secondary N) is 1. The minimum absolute atomic E-state index is 0.0837. The first-order valence-electron chi connectivity index (χ1n) is 6.10. The van der Waals surface area contributed by atoms with Gasteiger partial charge in [-0.3, -0.25) is 4.79 Å². The lowest BCUT2D eigenvalue weighted by atomic mass is 10.0. The molecule has 0 spiro atoms. The third-order valence-electron chi connectivity index (χ3n) is 2.61. The van der Waals surface area contributed by atoms with Crippen molar-refractivity contribution in [1.82, 2.24) is 0 Å². The van der Waals surface area contributed by atoms with Crippen molar-refractivity contribution in [2.24, 2.45) is 5.92 Å². The number of benzene rings is 1. The number of anilines is 1. The molecule has 0 aliphatic carbocycles. The van der Waals surface area contributed by atoms with Gasteiger partial charge in [-0.15, -0.1) is 0 Å². The molecule has 0 saturated carbocycles. The molecule has 0 amide bonds. The molecule has 3 heteroatoms. The second-order valence-corrected chi connectivity index (χ2v) is 4.69. The Hall–Kier alpha value is -1.51. The third-order valence-corrected chi connectivity index (χ3v) is 2.61. The second-order valence-electron chi connectivity index (χ2n) is 4.69. The first kappa shape index (κ1) is 13.6. The van der Waals surface area contributed by atoms with Gasteiger partial charge in [0.2, 0.25) is 0 Å². The van der Waals surface area contributed by atoms with Crippen molar-refractivity contribution < 1.29 is 9.90 Å². The van der Waals surface area contributed by atoms with Gasteiger partial charge >= 0.3 is 5.97 Å². The molecule has 0 radical (unpaired) electrons. The molecule has 0 aliphatic heterocycles. The molecule has 0 saturated heterocycles. The predicted molar refractivity (Wildman–Crippen MR) is 70.5 cm³/mol. The Bertz CT molecular complexity index is 386. The van der Waals surface area contributed by atoms with E-state index in [1.807, 2.05) is 18.2 Å². The van der Waals surface area contributed by atoms with Crippen LogP contribution in [0, 0.1) is 5.92 Å². The van der Waals surface area contributed by atoms with Crippen molar-refractivity contribution in [3.05, 3.63) is 29.3 Å². The van der Waals surface area contributed by atoms with Gasteiger partial charge in [0.05, 0.1) is 6.42 Å². The van der Waals surface area contributed by atoms with Crippen molar-refractivity contribution in [3.8, 4) is 0 Å². The smallest absolute Gasteiger partial charge is 0.307 e. The van der Waals surface area contributed by atoms with E-state index in [4.69, 9.17) is 5.11 Å². The van der Waals surface area contributed by atoms with Gasteiger partial charge in [-0.1, -0.05) is 32.9 Å². The minimum atomic E-state index is -0.788. The lowest BCUT2D eigenvalue weighted by molar-refractivity contribution is -0.136. The van der Waals surface area contributed by atoms with Gasteiger partial charge in [-0.2, -0.15) is 0 Å². The normalized spacial score (nSPS) is 10.6. The van der Waals surface area contributed by atoms with Crippen LogP contribution in [0.5, 0.6) is 0 Å². The highest BCUT2D eigenvalue weighted by Gasteiger charge is 2.06. The Balaban J connectivity index is 2.85. The number of hydrogen-bond donors (Lipinski definition) is 2. The van der Waals surface area contributed by atoms with E-state index in [0.717, 1.165) is 24.2 Å². The summed E-state index contributed by atoms with van der Waals surface area (Å²) >= 11 is 0. The molecule has 3 nitrogen and oxygen atoms in total. The van der Waals surface area contributed by atoms with Gasteiger partial charge in [-0.05, 0) is 29.5 Å². The third kappa shape index (κ3) is 4.47. The topological polar surface area (TPSA) is 49.3 Å². The summed E-state index contributed by atoms with van der Waals surface area (Å²) in [7, 11) is 0. The SMILES string of the molecule is CCc1ccc(CC(=O)O)cc1NCC(C)C. The Morgan fingerprint density at radius 2 is 2.12 bits per heavy atom. The van der Waals surface area contributed by atoms with E-state index < -0.39 is 5.97 Å². The lowest BCUT2D eigenvalue weighted by Gasteiger charge is -2.14. The van der Waals surface area contributed by atoms with Gasteiger partial charge < -0.3 is 10.4 Å². The zero-order valence-corrected chi connectivity index (χ0v) is 10.8. The summed E-state index contributed by atoms with van der Waals surface area (Å²) in [6.45, 7) is 7.32. The van der Waals surface area contributed by atoms with Crippen LogP contribution in [0.2, 0.25) is 0 Å². The average molecular weight is 235 g/mol. The molecule has 17 heavy (non-hydrogen) atoms. The van der Waals surface area contributed by atoms with Crippen molar-refractivity contribution in [1.29, 1.82) is 0 Å². The van der Waals surface area contributed by atoms with Crippen LogP contribution in [0.4, 0.5) is 5.69 Å². The molecule has 0 heterocycles. The fourth-order valence-electron chi connectivity index (χ4n) is 1.70. The summed E-state index contributed by atoms with van der Waals surface area (Å²) < 4.78 is 0. The fraction of sp³-hybridized carbons (Fsp3) is 0.500. The number of aryl methyl sites for hydroxylation is 1. The predicted octanol–water partition coefficient (Wildman–Crippen LogP) is 2.94. The monoisotopic (exact) mass is 235 g/mol. The van der Waals surface area contributed by atoms with Crippen LogP contribution in [-0.2, 0) is 17.6 Å². The highest BCUT2D eigenvalue weighted by Crippen LogP contribution is 2.19. The second kappa shape index (κ2) is 6.28. The molecule has 0 atom stereocenters. The summed E-state index contributed by atoms with van der Waals surface area (Å²) in [6.07, 6.45) is 1.04. The zero-order chi connectivity index (χ0) is 12.8. The van der Waals surface area contributed by atoms with Crippen LogP contribution in [0.25, 0.3) is 0 Å². The molecule has 1 rings (SSSR count). The van der Waals surface area contributed by atoms with Crippen molar-refractivity contribution in [2.75, 3.05) is 11.9 Å². The quantitative estimate of drug-likeness (QED) is 0.797. The van der Waals surface area contributed by atoms with Crippen LogP contribution >= 0.6 is 0 Å². The van der Waals surface area contributed by atoms with E-state index in [1.54, 1.807) is 0 Å². The van der Waals surface area contributed by atoms with E-state index in [9.17, 15) is 4.79 Å². The van der Waals surface area contributed by atoms with Gasteiger partial charge in [0.15, 0.2) is 0 Å². The Morgan fingerprint density at radius 3 is 2.65 bits per heavy atom. The largest absolute Gasteiger partial charge is 0.481 e. The average Bonchev–Trinajstić information content (AvgIpc) is 2.25. The molecule has 0 aromatic heterocycles. The maximum atomic E-state index is 10.7. The van der Waals surface area contributed by atoms with E-state index in [-0.39, 0.29) is 6.42 Å². The number of aliphatic carboxylic acids is 1. The number of carboxylic acid groups (broad SMARTS) is 1. The van der Waals surface area contributed by atoms with E-state index in [1.165, 1.54) is 5.56 Å². The van der Waals surface area contributed by atoms with Crippen molar-refractivity contribution in [3.63, 3.8) is 0 Å². The van der Waals surface area contributed by atoms with Crippen LogP contribution in [0.1, 0.15) is 31.9 Å². The number of carbonyl (C=O) groups is 1. The Kier molecular flexibility index (Phi) is 5.01. The maximum Gasteiger partial charge on any atom is 0.307 e. The fourth-order valence-corrected chi connectivity index (χ4v) is 1.70. The number of carboxylic acids is 1.